The second-order valence-corrected chi connectivity index (χ2v) is 7.85. The number of imidazole rings is 1. The zero-order valence-corrected chi connectivity index (χ0v) is 16.4. The number of rotatable bonds is 4. The van der Waals surface area contributed by atoms with E-state index in [2.05, 4.69) is 39.0 Å². The quantitative estimate of drug-likeness (QED) is 0.464. The van der Waals surface area contributed by atoms with Gasteiger partial charge in [0.15, 0.2) is 11.3 Å². The Morgan fingerprint density at radius 1 is 1.18 bits per heavy atom. The van der Waals surface area contributed by atoms with Crippen molar-refractivity contribution in [3.63, 3.8) is 0 Å². The van der Waals surface area contributed by atoms with Gasteiger partial charge in [0.1, 0.15) is 5.03 Å². The fourth-order valence-electron chi connectivity index (χ4n) is 2.40. The summed E-state index contributed by atoms with van der Waals surface area (Å²) in [6, 6.07) is 7.44. The van der Waals surface area contributed by atoms with Gasteiger partial charge >= 0.3 is 0 Å². The highest BCUT2D eigenvalue weighted by atomic mass is 32.2. The van der Waals surface area contributed by atoms with Gasteiger partial charge in [-0.2, -0.15) is 5.10 Å². The Kier molecular flexibility index (Phi) is 4.91. The van der Waals surface area contributed by atoms with Crippen molar-refractivity contribution in [3.05, 3.63) is 53.7 Å². The second-order valence-electron chi connectivity index (χ2n) is 6.86. The first-order valence-corrected chi connectivity index (χ1v) is 9.73. The number of nitrogens with zero attached hydrogens (tertiary/aromatic N) is 7. The molecule has 1 aliphatic rings. The van der Waals surface area contributed by atoms with Crippen LogP contribution in [0.1, 0.15) is 32.3 Å². The van der Waals surface area contributed by atoms with E-state index in [0.29, 0.717) is 15.8 Å². The molecular weight excluding hydrogens is 374 g/mol. The highest BCUT2D eigenvalue weighted by Crippen LogP contribution is 2.27. The highest BCUT2D eigenvalue weighted by Gasteiger charge is 2.13. The van der Waals surface area contributed by atoms with Crippen molar-refractivity contribution in [2.24, 2.45) is 11.1 Å². The molecule has 0 unspecified atom stereocenters. The van der Waals surface area contributed by atoms with Crippen LogP contribution in [0.5, 0.6) is 0 Å². The van der Waals surface area contributed by atoms with E-state index >= 15 is 0 Å². The predicted octanol–water partition coefficient (Wildman–Crippen LogP) is 4.77. The van der Waals surface area contributed by atoms with Crippen LogP contribution in [0.3, 0.4) is 0 Å². The Morgan fingerprint density at radius 3 is 2.61 bits per heavy atom. The van der Waals surface area contributed by atoms with Crippen LogP contribution in [0, 0.1) is 10.8 Å². The van der Waals surface area contributed by atoms with E-state index in [4.69, 9.17) is 0 Å². The minimum atomic E-state index is 0.101. The molecule has 28 heavy (non-hydrogen) atoms. The molecule has 4 aromatic rings. The third-order valence-corrected chi connectivity index (χ3v) is 5.19. The van der Waals surface area contributed by atoms with Gasteiger partial charge in [0.05, 0.1) is 6.20 Å². The van der Waals surface area contributed by atoms with Crippen LogP contribution in [-0.4, -0.2) is 29.2 Å². The molecule has 1 fully saturated rings. The summed E-state index contributed by atoms with van der Waals surface area (Å²) >= 11 is 1.37. The Balaban J connectivity index is 0.000000429. The molecule has 9 heteroatoms. The van der Waals surface area contributed by atoms with Crippen LogP contribution >= 0.6 is 11.8 Å². The Labute approximate surface area is 165 Å². The van der Waals surface area contributed by atoms with E-state index in [-0.39, 0.29) is 5.82 Å². The van der Waals surface area contributed by atoms with E-state index in [9.17, 15) is 4.91 Å². The molecule has 0 bridgehead atoms. The van der Waals surface area contributed by atoms with E-state index < -0.39 is 0 Å². The standard InChI is InChI=1S/C15H11N7OS.C4H8/c1-9(2)10-3-4-13-17-18-15(21(13)7-10)24-14-6-5-12-16-11(20-23)8-22(12)19-14;1-4-2-3-4/h3-8H,1H2,2H3;4H,2-3H2,1H3. The van der Waals surface area contributed by atoms with Crippen LogP contribution in [0.25, 0.3) is 16.9 Å². The van der Waals surface area contributed by atoms with Gasteiger partial charge in [0, 0.05) is 6.20 Å². The van der Waals surface area contributed by atoms with Crippen molar-refractivity contribution in [2.45, 2.75) is 36.9 Å². The summed E-state index contributed by atoms with van der Waals surface area (Å²) in [7, 11) is 0. The Bertz CT molecular complexity index is 1180. The molecule has 0 saturated heterocycles. The van der Waals surface area contributed by atoms with Gasteiger partial charge in [-0.15, -0.1) is 15.1 Å². The first-order chi connectivity index (χ1) is 13.5. The fraction of sp³-hybridized carbons (Fsp3) is 0.263. The number of fused-ring (bicyclic) bond motifs is 2. The molecule has 4 heterocycles. The summed E-state index contributed by atoms with van der Waals surface area (Å²) in [6.07, 6.45) is 6.40. The summed E-state index contributed by atoms with van der Waals surface area (Å²) < 4.78 is 3.41. The van der Waals surface area contributed by atoms with Crippen molar-refractivity contribution < 1.29 is 0 Å². The van der Waals surface area contributed by atoms with Crippen LogP contribution < -0.4 is 0 Å². The number of allylic oxidation sites excluding steroid dienone is 1. The first-order valence-electron chi connectivity index (χ1n) is 8.92. The predicted molar refractivity (Wildman–Crippen MR) is 109 cm³/mol. The number of nitroso groups, excluding NO2 is 1. The molecular formula is C19H19N7OS. The lowest BCUT2D eigenvalue weighted by molar-refractivity contribution is 0.849. The van der Waals surface area contributed by atoms with Crippen molar-refractivity contribution in [1.29, 1.82) is 0 Å². The molecule has 0 spiro atoms. The fourth-order valence-corrected chi connectivity index (χ4v) is 3.18. The molecule has 8 nitrogen and oxygen atoms in total. The molecule has 1 saturated carbocycles. The summed E-state index contributed by atoms with van der Waals surface area (Å²) in [5.41, 5.74) is 3.29. The smallest absolute Gasteiger partial charge is 0.217 e. The van der Waals surface area contributed by atoms with Gasteiger partial charge < -0.3 is 0 Å². The summed E-state index contributed by atoms with van der Waals surface area (Å²) in [5, 5.41) is 17.0. The number of pyridine rings is 1. The molecule has 1 aliphatic carbocycles. The van der Waals surface area contributed by atoms with Crippen LogP contribution in [0.2, 0.25) is 0 Å². The number of aromatic nitrogens is 6. The molecule has 0 N–H and O–H groups in total. The average Bonchev–Trinajstić information content (AvgIpc) is 3.21. The van der Waals surface area contributed by atoms with Gasteiger partial charge in [0.2, 0.25) is 11.0 Å². The minimum absolute atomic E-state index is 0.101. The maximum Gasteiger partial charge on any atom is 0.217 e. The van der Waals surface area contributed by atoms with Gasteiger partial charge in [0.25, 0.3) is 0 Å². The van der Waals surface area contributed by atoms with Gasteiger partial charge in [-0.1, -0.05) is 26.3 Å². The maximum atomic E-state index is 10.6. The molecule has 0 amide bonds. The summed E-state index contributed by atoms with van der Waals surface area (Å²) in [6.45, 7) is 8.18. The van der Waals surface area contributed by atoms with Crippen molar-refractivity contribution in [3.8, 4) is 0 Å². The van der Waals surface area contributed by atoms with Crippen molar-refractivity contribution in [1.82, 2.24) is 29.2 Å². The lowest BCUT2D eigenvalue weighted by Crippen LogP contribution is -1.94. The number of hydrogen-bond donors (Lipinski definition) is 0. The number of hydrogen-bond acceptors (Lipinski definition) is 7. The third-order valence-electron chi connectivity index (χ3n) is 4.30. The summed E-state index contributed by atoms with van der Waals surface area (Å²) in [4.78, 5) is 14.6. The largest absolute Gasteiger partial charge is 0.277 e. The zero-order chi connectivity index (χ0) is 19.7. The topological polar surface area (TPSA) is 89.8 Å². The van der Waals surface area contributed by atoms with Crippen LogP contribution in [-0.2, 0) is 0 Å². The minimum Gasteiger partial charge on any atom is -0.277 e. The van der Waals surface area contributed by atoms with Gasteiger partial charge in [-0.05, 0) is 65.2 Å². The van der Waals surface area contributed by atoms with Crippen LogP contribution in [0.15, 0.2) is 58.6 Å². The molecule has 0 atom stereocenters. The highest BCUT2D eigenvalue weighted by molar-refractivity contribution is 7.99. The van der Waals surface area contributed by atoms with E-state index in [1.807, 2.05) is 35.7 Å². The molecule has 0 aliphatic heterocycles. The first kappa shape index (κ1) is 18.3. The maximum absolute atomic E-state index is 10.6. The van der Waals surface area contributed by atoms with Gasteiger partial charge in [-0.25, -0.2) is 9.50 Å². The third kappa shape index (κ3) is 3.94. The zero-order valence-electron chi connectivity index (χ0n) is 15.6. The Morgan fingerprint density at radius 2 is 1.93 bits per heavy atom. The Hall–Kier alpha value is -3.07. The SMILES string of the molecule is C=C(C)c1ccc2nnc(Sc3ccc4nc(N=O)cn4n3)n2c1.CC1CC1. The van der Waals surface area contributed by atoms with Crippen LogP contribution in [0.4, 0.5) is 5.82 Å². The molecule has 0 radical (unpaired) electrons. The molecule has 5 rings (SSSR count). The van der Waals surface area contributed by atoms with Gasteiger partial charge in [-0.3, -0.25) is 4.40 Å². The average molecular weight is 393 g/mol. The van der Waals surface area contributed by atoms with E-state index in [1.54, 1.807) is 6.07 Å². The monoisotopic (exact) mass is 393 g/mol. The lowest BCUT2D eigenvalue weighted by atomic mass is 10.1. The van der Waals surface area contributed by atoms with Crippen molar-refractivity contribution in [2.75, 3.05) is 0 Å². The lowest BCUT2D eigenvalue weighted by Gasteiger charge is -2.03. The summed E-state index contributed by atoms with van der Waals surface area (Å²) in [5.74, 6) is 1.18. The molecule has 142 valence electrons. The molecule has 4 aromatic heterocycles. The second kappa shape index (κ2) is 7.51. The van der Waals surface area contributed by atoms with E-state index in [1.165, 1.54) is 35.3 Å². The van der Waals surface area contributed by atoms with Crippen molar-refractivity contribution >= 4 is 34.4 Å². The van der Waals surface area contributed by atoms with E-state index in [0.717, 1.165) is 22.7 Å². The molecule has 0 aromatic carbocycles. The normalized spacial score (nSPS) is 13.4.